The summed E-state index contributed by atoms with van der Waals surface area (Å²) in [4.78, 5) is 11.7. The van der Waals surface area contributed by atoms with Crippen molar-refractivity contribution in [1.29, 1.82) is 0 Å². The Morgan fingerprint density at radius 2 is 2.20 bits per heavy atom. The van der Waals surface area contributed by atoms with Gasteiger partial charge in [0.2, 0.25) is 0 Å². The summed E-state index contributed by atoms with van der Waals surface area (Å²) in [7, 11) is 0. The molecule has 0 saturated heterocycles. The minimum absolute atomic E-state index is 0.0248. The number of hydrogen-bond donors (Lipinski definition) is 2. The van der Waals surface area contributed by atoms with Crippen molar-refractivity contribution in [3.05, 3.63) is 27.1 Å². The third kappa shape index (κ3) is 4.46. The lowest BCUT2D eigenvalue weighted by Crippen LogP contribution is -2.35. The molecule has 20 heavy (non-hydrogen) atoms. The number of amides is 1. The molecular weight excluding hydrogens is 390 g/mol. The second-order valence-corrected chi connectivity index (χ2v) is 6.70. The summed E-state index contributed by atoms with van der Waals surface area (Å²) >= 11 is 6.73. The van der Waals surface area contributed by atoms with Crippen LogP contribution in [0.4, 0.5) is 0 Å². The van der Waals surface area contributed by atoms with Crippen LogP contribution in [-0.2, 0) is 4.79 Å². The fraction of sp³-hybridized carbons (Fsp3) is 0.500. The molecule has 2 unspecified atom stereocenters. The van der Waals surface area contributed by atoms with Crippen LogP contribution >= 0.6 is 31.9 Å². The molecule has 0 spiro atoms. The van der Waals surface area contributed by atoms with Crippen LogP contribution in [0.1, 0.15) is 19.3 Å². The molecule has 110 valence electrons. The second-order valence-electron chi connectivity index (χ2n) is 4.93. The van der Waals surface area contributed by atoms with E-state index in [1.807, 2.05) is 12.1 Å². The van der Waals surface area contributed by atoms with Crippen LogP contribution in [0.2, 0.25) is 0 Å². The van der Waals surface area contributed by atoms with Crippen LogP contribution in [0.3, 0.4) is 0 Å². The van der Waals surface area contributed by atoms with Crippen LogP contribution in [-0.4, -0.2) is 30.3 Å². The van der Waals surface area contributed by atoms with Gasteiger partial charge in [-0.1, -0.05) is 22.4 Å². The largest absolute Gasteiger partial charge is 0.483 e. The molecule has 6 heteroatoms. The van der Waals surface area contributed by atoms with E-state index in [0.29, 0.717) is 12.3 Å². The molecule has 1 amide bonds. The normalized spacial score (nSPS) is 21.8. The number of nitrogens with one attached hydrogen (secondary N) is 1. The highest BCUT2D eigenvalue weighted by Gasteiger charge is 2.25. The van der Waals surface area contributed by atoms with E-state index in [0.717, 1.165) is 28.2 Å². The van der Waals surface area contributed by atoms with Gasteiger partial charge in [0.1, 0.15) is 5.75 Å². The van der Waals surface area contributed by atoms with Gasteiger partial charge in [0, 0.05) is 16.9 Å². The zero-order chi connectivity index (χ0) is 14.5. The smallest absolute Gasteiger partial charge is 0.257 e. The lowest BCUT2D eigenvalue weighted by Gasteiger charge is -2.15. The van der Waals surface area contributed by atoms with Gasteiger partial charge in [0.25, 0.3) is 5.91 Å². The Hall–Kier alpha value is -0.590. The maximum absolute atomic E-state index is 11.7. The molecule has 1 aliphatic carbocycles. The number of carbonyl (C=O) groups excluding carboxylic acids is 1. The van der Waals surface area contributed by atoms with Gasteiger partial charge in [-0.2, -0.15) is 0 Å². The molecule has 0 aliphatic heterocycles. The number of aliphatic hydroxyl groups excluding tert-OH is 1. The Labute approximate surface area is 135 Å². The first-order chi connectivity index (χ1) is 9.56. The summed E-state index contributed by atoms with van der Waals surface area (Å²) in [5.74, 6) is 0.640. The molecule has 1 aromatic carbocycles. The summed E-state index contributed by atoms with van der Waals surface area (Å²) in [6.07, 6.45) is 2.56. The molecule has 2 atom stereocenters. The molecular formula is C14H17Br2NO3. The predicted octanol–water partition coefficient (Wildman–Crippen LogP) is 2.87. The SMILES string of the molecule is O=C(COc1ccc(Br)cc1Br)NCC1CCCC1O. The first kappa shape index (κ1) is 15.8. The highest BCUT2D eigenvalue weighted by atomic mass is 79.9. The fourth-order valence-corrected chi connectivity index (χ4v) is 3.45. The maximum atomic E-state index is 11.7. The van der Waals surface area contributed by atoms with Crippen molar-refractivity contribution >= 4 is 37.8 Å². The van der Waals surface area contributed by atoms with Crippen LogP contribution < -0.4 is 10.1 Å². The fourth-order valence-electron chi connectivity index (χ4n) is 2.29. The first-order valence-corrected chi connectivity index (χ1v) is 8.17. The standard InChI is InChI=1S/C14H17Br2NO3/c15-10-4-5-13(11(16)6-10)20-8-14(19)17-7-9-2-1-3-12(9)18/h4-6,9,12,18H,1-3,7-8H2,(H,17,19). The lowest BCUT2D eigenvalue weighted by molar-refractivity contribution is -0.123. The first-order valence-electron chi connectivity index (χ1n) is 6.59. The minimum atomic E-state index is -0.281. The summed E-state index contributed by atoms with van der Waals surface area (Å²) < 4.78 is 7.19. The Balaban J connectivity index is 1.74. The van der Waals surface area contributed by atoms with Gasteiger partial charge < -0.3 is 15.2 Å². The quantitative estimate of drug-likeness (QED) is 0.790. The van der Waals surface area contributed by atoms with E-state index in [9.17, 15) is 9.90 Å². The molecule has 1 aliphatic rings. The number of benzene rings is 1. The van der Waals surface area contributed by atoms with Crippen LogP contribution in [0.15, 0.2) is 27.1 Å². The van der Waals surface area contributed by atoms with E-state index in [2.05, 4.69) is 37.2 Å². The lowest BCUT2D eigenvalue weighted by atomic mass is 10.1. The Morgan fingerprint density at radius 1 is 1.40 bits per heavy atom. The van der Waals surface area contributed by atoms with Crippen molar-refractivity contribution in [3.8, 4) is 5.75 Å². The Bertz CT molecular complexity index is 481. The van der Waals surface area contributed by atoms with E-state index in [1.165, 1.54) is 0 Å². The van der Waals surface area contributed by atoms with E-state index in [4.69, 9.17) is 4.74 Å². The molecule has 0 aromatic heterocycles. The van der Waals surface area contributed by atoms with Crippen LogP contribution in [0.25, 0.3) is 0 Å². The van der Waals surface area contributed by atoms with Gasteiger partial charge >= 0.3 is 0 Å². The summed E-state index contributed by atoms with van der Waals surface area (Å²) in [5.41, 5.74) is 0. The van der Waals surface area contributed by atoms with Crippen molar-refractivity contribution in [1.82, 2.24) is 5.32 Å². The Kier molecular flexibility index (Phi) is 5.86. The van der Waals surface area contributed by atoms with Crippen LogP contribution in [0.5, 0.6) is 5.75 Å². The van der Waals surface area contributed by atoms with Crippen molar-refractivity contribution < 1.29 is 14.6 Å². The molecule has 0 radical (unpaired) electrons. The summed E-state index contributed by atoms with van der Waals surface area (Å²) in [6, 6.07) is 5.51. The zero-order valence-electron chi connectivity index (χ0n) is 10.9. The highest BCUT2D eigenvalue weighted by Crippen LogP contribution is 2.28. The monoisotopic (exact) mass is 405 g/mol. The molecule has 1 saturated carbocycles. The molecule has 2 rings (SSSR count). The van der Waals surface area contributed by atoms with Crippen molar-refractivity contribution in [2.45, 2.75) is 25.4 Å². The number of aliphatic hydroxyl groups is 1. The van der Waals surface area contributed by atoms with Gasteiger partial charge in [-0.15, -0.1) is 0 Å². The third-order valence-electron chi connectivity index (χ3n) is 3.43. The van der Waals surface area contributed by atoms with E-state index in [1.54, 1.807) is 6.07 Å². The van der Waals surface area contributed by atoms with Gasteiger partial charge in [-0.05, 0) is 47.0 Å². The molecule has 0 heterocycles. The Morgan fingerprint density at radius 3 is 2.85 bits per heavy atom. The van der Waals surface area contributed by atoms with E-state index in [-0.39, 0.29) is 24.5 Å². The number of halogens is 2. The third-order valence-corrected chi connectivity index (χ3v) is 4.55. The topological polar surface area (TPSA) is 58.6 Å². The molecule has 4 nitrogen and oxygen atoms in total. The summed E-state index contributed by atoms with van der Waals surface area (Å²) in [6.45, 7) is 0.494. The van der Waals surface area contributed by atoms with Crippen molar-refractivity contribution in [2.24, 2.45) is 5.92 Å². The average molecular weight is 407 g/mol. The second kappa shape index (κ2) is 7.43. The van der Waals surface area contributed by atoms with Gasteiger partial charge in [0.15, 0.2) is 6.61 Å². The molecule has 1 fully saturated rings. The maximum Gasteiger partial charge on any atom is 0.257 e. The predicted molar refractivity (Wildman–Crippen MR) is 83.7 cm³/mol. The van der Waals surface area contributed by atoms with E-state index >= 15 is 0 Å². The van der Waals surface area contributed by atoms with Crippen molar-refractivity contribution in [2.75, 3.05) is 13.2 Å². The van der Waals surface area contributed by atoms with E-state index < -0.39 is 0 Å². The number of ether oxygens (including phenoxy) is 1. The average Bonchev–Trinajstić information content (AvgIpc) is 2.81. The summed E-state index contributed by atoms with van der Waals surface area (Å²) in [5, 5.41) is 12.5. The zero-order valence-corrected chi connectivity index (χ0v) is 14.1. The van der Waals surface area contributed by atoms with Gasteiger partial charge in [0.05, 0.1) is 10.6 Å². The van der Waals surface area contributed by atoms with Gasteiger partial charge in [-0.3, -0.25) is 4.79 Å². The molecule has 2 N–H and O–H groups in total. The number of carbonyl (C=O) groups is 1. The number of rotatable bonds is 5. The molecule has 0 bridgehead atoms. The number of hydrogen-bond acceptors (Lipinski definition) is 3. The highest BCUT2D eigenvalue weighted by molar-refractivity contribution is 9.11. The van der Waals surface area contributed by atoms with Crippen LogP contribution in [0, 0.1) is 5.92 Å². The molecule has 1 aromatic rings. The van der Waals surface area contributed by atoms with Crippen molar-refractivity contribution in [3.63, 3.8) is 0 Å². The van der Waals surface area contributed by atoms with Gasteiger partial charge in [-0.25, -0.2) is 0 Å². The minimum Gasteiger partial charge on any atom is -0.483 e.